The first-order valence-electron chi connectivity index (χ1n) is 5.18. The normalized spacial score (nSPS) is 25.3. The fourth-order valence-electron chi connectivity index (χ4n) is 1.96. The van der Waals surface area contributed by atoms with Crippen molar-refractivity contribution >= 4 is 0 Å². The van der Waals surface area contributed by atoms with E-state index in [2.05, 4.69) is 0 Å². The Kier molecular flexibility index (Phi) is 2.72. The standard InChI is InChI=1S/C12H13F3/c13-12(14,15)11-8-10(11)7-6-9-4-2-1-3-5-9/h1-5,10-11H,6-8H2. The number of halogens is 3. The minimum Gasteiger partial charge on any atom is -0.171 e. The van der Waals surface area contributed by atoms with Crippen molar-refractivity contribution in [2.24, 2.45) is 11.8 Å². The summed E-state index contributed by atoms with van der Waals surface area (Å²) in [5.41, 5.74) is 1.13. The first kappa shape index (κ1) is 10.5. The van der Waals surface area contributed by atoms with Gasteiger partial charge in [-0.2, -0.15) is 13.2 Å². The van der Waals surface area contributed by atoms with Crippen molar-refractivity contribution in [2.45, 2.75) is 25.4 Å². The summed E-state index contributed by atoms with van der Waals surface area (Å²) in [6, 6.07) is 9.68. The molecule has 1 aromatic carbocycles. The summed E-state index contributed by atoms with van der Waals surface area (Å²) >= 11 is 0. The van der Waals surface area contributed by atoms with Crippen molar-refractivity contribution < 1.29 is 13.2 Å². The van der Waals surface area contributed by atoms with Crippen LogP contribution in [0.5, 0.6) is 0 Å². The molecule has 0 bridgehead atoms. The van der Waals surface area contributed by atoms with E-state index in [0.29, 0.717) is 12.8 Å². The minimum atomic E-state index is -3.97. The molecular weight excluding hydrogens is 201 g/mol. The number of hydrogen-bond donors (Lipinski definition) is 0. The maximum atomic E-state index is 12.2. The van der Waals surface area contributed by atoms with Gasteiger partial charge in [0.25, 0.3) is 0 Å². The van der Waals surface area contributed by atoms with Gasteiger partial charge in [0, 0.05) is 0 Å². The van der Waals surface area contributed by atoms with Gasteiger partial charge in [-0.3, -0.25) is 0 Å². The Morgan fingerprint density at radius 3 is 2.33 bits per heavy atom. The summed E-state index contributed by atoms with van der Waals surface area (Å²) in [4.78, 5) is 0. The van der Waals surface area contributed by atoms with Crippen LogP contribution < -0.4 is 0 Å². The predicted octanol–water partition coefficient (Wildman–Crippen LogP) is 3.82. The van der Waals surface area contributed by atoms with E-state index in [1.807, 2.05) is 30.3 Å². The average molecular weight is 214 g/mol. The molecular formula is C12H13F3. The Hall–Kier alpha value is -0.990. The van der Waals surface area contributed by atoms with Crippen LogP contribution in [0.15, 0.2) is 30.3 Å². The van der Waals surface area contributed by atoms with Gasteiger partial charge in [-0.05, 0) is 30.7 Å². The van der Waals surface area contributed by atoms with E-state index in [1.165, 1.54) is 0 Å². The lowest BCUT2D eigenvalue weighted by Crippen LogP contribution is -2.12. The van der Waals surface area contributed by atoms with Gasteiger partial charge >= 0.3 is 6.18 Å². The second-order valence-electron chi connectivity index (χ2n) is 4.17. The van der Waals surface area contributed by atoms with Crippen LogP contribution in [0, 0.1) is 11.8 Å². The van der Waals surface area contributed by atoms with Gasteiger partial charge in [0.1, 0.15) is 0 Å². The Labute approximate surface area is 87.1 Å². The van der Waals surface area contributed by atoms with Crippen molar-refractivity contribution in [3.8, 4) is 0 Å². The zero-order valence-corrected chi connectivity index (χ0v) is 8.30. The van der Waals surface area contributed by atoms with E-state index in [9.17, 15) is 13.2 Å². The molecule has 82 valence electrons. The van der Waals surface area contributed by atoms with E-state index in [0.717, 1.165) is 12.0 Å². The molecule has 15 heavy (non-hydrogen) atoms. The lowest BCUT2D eigenvalue weighted by atomic mass is 10.1. The number of hydrogen-bond acceptors (Lipinski definition) is 0. The van der Waals surface area contributed by atoms with Gasteiger partial charge in [-0.25, -0.2) is 0 Å². The molecule has 3 heteroatoms. The zero-order chi connectivity index (χ0) is 10.9. The zero-order valence-electron chi connectivity index (χ0n) is 8.30. The number of benzene rings is 1. The highest BCUT2D eigenvalue weighted by molar-refractivity contribution is 5.15. The number of rotatable bonds is 3. The van der Waals surface area contributed by atoms with E-state index in [-0.39, 0.29) is 5.92 Å². The predicted molar refractivity (Wildman–Crippen MR) is 52.4 cm³/mol. The second-order valence-corrected chi connectivity index (χ2v) is 4.17. The third kappa shape index (κ3) is 2.74. The molecule has 0 radical (unpaired) electrons. The van der Waals surface area contributed by atoms with E-state index >= 15 is 0 Å². The van der Waals surface area contributed by atoms with Gasteiger partial charge in [0.15, 0.2) is 0 Å². The van der Waals surface area contributed by atoms with Crippen LogP contribution in [0.3, 0.4) is 0 Å². The maximum Gasteiger partial charge on any atom is 0.392 e. The molecule has 1 aliphatic carbocycles. The molecule has 0 heterocycles. The Morgan fingerprint density at radius 1 is 1.13 bits per heavy atom. The van der Waals surface area contributed by atoms with Crippen LogP contribution in [-0.4, -0.2) is 6.18 Å². The largest absolute Gasteiger partial charge is 0.392 e. The van der Waals surface area contributed by atoms with Crippen LogP contribution in [0.2, 0.25) is 0 Å². The summed E-state index contributed by atoms with van der Waals surface area (Å²) in [7, 11) is 0. The molecule has 2 atom stereocenters. The van der Waals surface area contributed by atoms with Gasteiger partial charge in [0.2, 0.25) is 0 Å². The van der Waals surface area contributed by atoms with Gasteiger partial charge in [-0.15, -0.1) is 0 Å². The van der Waals surface area contributed by atoms with Gasteiger partial charge < -0.3 is 0 Å². The summed E-state index contributed by atoms with van der Waals surface area (Å²) in [6.45, 7) is 0. The molecule has 0 saturated heterocycles. The summed E-state index contributed by atoms with van der Waals surface area (Å²) in [6.07, 6.45) is -2.22. The molecule has 0 amide bonds. The molecule has 2 rings (SSSR count). The quantitative estimate of drug-likeness (QED) is 0.717. The molecule has 0 aromatic heterocycles. The van der Waals surface area contributed by atoms with Crippen LogP contribution in [-0.2, 0) is 6.42 Å². The maximum absolute atomic E-state index is 12.2. The van der Waals surface area contributed by atoms with E-state index < -0.39 is 12.1 Å². The monoisotopic (exact) mass is 214 g/mol. The van der Waals surface area contributed by atoms with Crippen LogP contribution in [0.25, 0.3) is 0 Å². The molecule has 0 aliphatic heterocycles. The van der Waals surface area contributed by atoms with Gasteiger partial charge in [-0.1, -0.05) is 30.3 Å². The Bertz CT molecular complexity index is 315. The lowest BCUT2D eigenvalue weighted by Gasteiger charge is -2.05. The third-order valence-electron chi connectivity index (χ3n) is 2.99. The van der Waals surface area contributed by atoms with Crippen molar-refractivity contribution in [2.75, 3.05) is 0 Å². The van der Waals surface area contributed by atoms with Crippen LogP contribution in [0.4, 0.5) is 13.2 Å². The van der Waals surface area contributed by atoms with Gasteiger partial charge in [0.05, 0.1) is 5.92 Å². The van der Waals surface area contributed by atoms with Crippen LogP contribution in [0.1, 0.15) is 18.4 Å². The van der Waals surface area contributed by atoms with Crippen molar-refractivity contribution in [3.05, 3.63) is 35.9 Å². The van der Waals surface area contributed by atoms with E-state index in [1.54, 1.807) is 0 Å². The molecule has 0 nitrogen and oxygen atoms in total. The molecule has 1 saturated carbocycles. The van der Waals surface area contributed by atoms with Crippen molar-refractivity contribution in [1.29, 1.82) is 0 Å². The molecule has 1 aliphatic rings. The Morgan fingerprint density at radius 2 is 1.80 bits per heavy atom. The Balaban J connectivity index is 1.78. The third-order valence-corrected chi connectivity index (χ3v) is 2.99. The highest BCUT2D eigenvalue weighted by Gasteiger charge is 2.54. The highest BCUT2D eigenvalue weighted by atomic mass is 19.4. The molecule has 1 fully saturated rings. The smallest absolute Gasteiger partial charge is 0.171 e. The first-order chi connectivity index (χ1) is 7.07. The molecule has 0 spiro atoms. The fourth-order valence-corrected chi connectivity index (χ4v) is 1.96. The summed E-state index contributed by atoms with van der Waals surface area (Å²) in [5.74, 6) is -1.16. The molecule has 2 unspecified atom stereocenters. The minimum absolute atomic E-state index is 0.134. The van der Waals surface area contributed by atoms with Crippen LogP contribution >= 0.6 is 0 Å². The second kappa shape index (κ2) is 3.87. The molecule has 0 N–H and O–H groups in total. The fraction of sp³-hybridized carbons (Fsp3) is 0.500. The van der Waals surface area contributed by atoms with Crippen molar-refractivity contribution in [1.82, 2.24) is 0 Å². The lowest BCUT2D eigenvalue weighted by molar-refractivity contribution is -0.151. The average Bonchev–Trinajstić information content (AvgIpc) is 2.95. The SMILES string of the molecule is FC(F)(F)C1CC1CCc1ccccc1. The first-order valence-corrected chi connectivity index (χ1v) is 5.18. The molecule has 1 aromatic rings. The number of aryl methyl sites for hydroxylation is 1. The summed E-state index contributed by atoms with van der Waals surface area (Å²) in [5, 5.41) is 0. The highest BCUT2D eigenvalue weighted by Crippen LogP contribution is 2.52. The summed E-state index contributed by atoms with van der Waals surface area (Å²) < 4.78 is 36.6. The number of alkyl halides is 3. The van der Waals surface area contributed by atoms with E-state index in [4.69, 9.17) is 0 Å². The van der Waals surface area contributed by atoms with Crippen molar-refractivity contribution in [3.63, 3.8) is 0 Å². The topological polar surface area (TPSA) is 0 Å².